The molecule has 0 bridgehead atoms. The molecule has 0 saturated carbocycles. The van der Waals surface area contributed by atoms with Gasteiger partial charge in [-0.3, -0.25) is 5.10 Å². The topological polar surface area (TPSA) is 60.9 Å². The molecule has 1 aromatic carbocycles. The summed E-state index contributed by atoms with van der Waals surface area (Å²) in [5.41, 5.74) is 0.780. The van der Waals surface area contributed by atoms with E-state index < -0.39 is 0 Å². The van der Waals surface area contributed by atoms with Crippen LogP contribution in [0.2, 0.25) is 0 Å². The molecular formula is C8H7N3OS2. The van der Waals surface area contributed by atoms with Gasteiger partial charge in [0.2, 0.25) is 5.13 Å². The number of aromatic hydroxyl groups is 1. The molecule has 3 N–H and O–H groups in total. The van der Waals surface area contributed by atoms with Gasteiger partial charge < -0.3 is 10.4 Å². The molecular weight excluding hydrogens is 218 g/mol. The zero-order chi connectivity index (χ0) is 9.97. The van der Waals surface area contributed by atoms with Gasteiger partial charge in [-0.1, -0.05) is 17.4 Å². The van der Waals surface area contributed by atoms with E-state index >= 15 is 0 Å². The first-order chi connectivity index (χ1) is 6.74. The Morgan fingerprint density at radius 1 is 1.50 bits per heavy atom. The van der Waals surface area contributed by atoms with Crippen molar-refractivity contribution in [2.45, 2.75) is 0 Å². The fourth-order valence-corrected chi connectivity index (χ4v) is 1.80. The van der Waals surface area contributed by atoms with Gasteiger partial charge in [-0.2, -0.15) is 0 Å². The Morgan fingerprint density at radius 2 is 2.36 bits per heavy atom. The van der Waals surface area contributed by atoms with Gasteiger partial charge in [0.1, 0.15) is 5.75 Å². The Labute approximate surface area is 89.2 Å². The zero-order valence-corrected chi connectivity index (χ0v) is 8.65. The minimum atomic E-state index is 0.217. The lowest BCUT2D eigenvalue weighted by Crippen LogP contribution is -1.88. The maximum atomic E-state index is 9.21. The highest BCUT2D eigenvalue weighted by atomic mass is 32.1. The minimum Gasteiger partial charge on any atom is -0.508 e. The van der Waals surface area contributed by atoms with Crippen LogP contribution in [0.4, 0.5) is 10.8 Å². The Bertz CT molecular complexity index is 491. The average Bonchev–Trinajstić information content (AvgIpc) is 2.51. The molecule has 0 aliphatic carbocycles. The van der Waals surface area contributed by atoms with Crippen LogP contribution >= 0.6 is 23.6 Å². The number of benzene rings is 1. The number of phenolic OH excluding ortho intramolecular Hbond substituents is 1. The third kappa shape index (κ3) is 2.09. The third-order valence-electron chi connectivity index (χ3n) is 1.54. The van der Waals surface area contributed by atoms with E-state index in [9.17, 15) is 5.11 Å². The van der Waals surface area contributed by atoms with Crippen molar-refractivity contribution in [1.82, 2.24) is 10.2 Å². The maximum absolute atomic E-state index is 9.21. The molecule has 2 aromatic rings. The standard InChI is InChI=1S/C8H7N3OS2/c12-6-3-1-2-5(4-6)9-7-10-11-8(13)14-7/h1-4,12H,(H,9,10)(H,11,13). The van der Waals surface area contributed by atoms with E-state index in [-0.39, 0.29) is 5.75 Å². The van der Waals surface area contributed by atoms with Crippen molar-refractivity contribution in [3.8, 4) is 5.75 Å². The molecule has 0 aliphatic rings. The lowest BCUT2D eigenvalue weighted by Gasteiger charge is -2.00. The summed E-state index contributed by atoms with van der Waals surface area (Å²) in [4.78, 5) is 0. The molecule has 6 heteroatoms. The predicted octanol–water partition coefficient (Wildman–Crippen LogP) is 2.65. The summed E-state index contributed by atoms with van der Waals surface area (Å²) in [6.45, 7) is 0. The van der Waals surface area contributed by atoms with Crippen molar-refractivity contribution < 1.29 is 5.11 Å². The van der Waals surface area contributed by atoms with E-state index in [0.29, 0.717) is 9.09 Å². The van der Waals surface area contributed by atoms with Gasteiger partial charge in [-0.15, -0.1) is 5.10 Å². The molecule has 1 heterocycles. The fourth-order valence-electron chi connectivity index (χ4n) is 0.990. The third-order valence-corrected chi connectivity index (χ3v) is 2.54. The summed E-state index contributed by atoms with van der Waals surface area (Å²) in [6.07, 6.45) is 0. The van der Waals surface area contributed by atoms with Crippen LogP contribution in [0.5, 0.6) is 5.75 Å². The van der Waals surface area contributed by atoms with E-state index in [1.807, 2.05) is 6.07 Å². The zero-order valence-electron chi connectivity index (χ0n) is 7.02. The predicted molar refractivity (Wildman–Crippen MR) is 58.7 cm³/mol. The molecule has 0 radical (unpaired) electrons. The summed E-state index contributed by atoms with van der Waals surface area (Å²) in [5.74, 6) is 0.217. The van der Waals surface area contributed by atoms with Crippen LogP contribution in [0.25, 0.3) is 0 Å². The number of hydrogen-bond acceptors (Lipinski definition) is 5. The van der Waals surface area contributed by atoms with Gasteiger partial charge in [0, 0.05) is 11.8 Å². The van der Waals surface area contributed by atoms with Crippen LogP contribution in [0.3, 0.4) is 0 Å². The Morgan fingerprint density at radius 3 is 3.00 bits per heavy atom. The molecule has 2 rings (SSSR count). The number of anilines is 2. The van der Waals surface area contributed by atoms with Crippen LogP contribution in [0, 0.1) is 3.95 Å². The monoisotopic (exact) mass is 225 g/mol. The van der Waals surface area contributed by atoms with E-state index in [2.05, 4.69) is 15.5 Å². The molecule has 4 nitrogen and oxygen atoms in total. The van der Waals surface area contributed by atoms with Crippen LogP contribution < -0.4 is 5.32 Å². The van der Waals surface area contributed by atoms with Crippen molar-refractivity contribution in [2.75, 3.05) is 5.32 Å². The van der Waals surface area contributed by atoms with Gasteiger partial charge in [0.25, 0.3) is 0 Å². The average molecular weight is 225 g/mol. The normalized spacial score (nSPS) is 10.0. The Kier molecular flexibility index (Phi) is 2.47. The number of aromatic nitrogens is 2. The van der Waals surface area contributed by atoms with Crippen molar-refractivity contribution in [3.63, 3.8) is 0 Å². The van der Waals surface area contributed by atoms with Gasteiger partial charge in [-0.25, -0.2) is 0 Å². The van der Waals surface area contributed by atoms with E-state index in [1.165, 1.54) is 11.3 Å². The van der Waals surface area contributed by atoms with Crippen molar-refractivity contribution in [2.24, 2.45) is 0 Å². The van der Waals surface area contributed by atoms with Crippen molar-refractivity contribution in [1.29, 1.82) is 0 Å². The number of nitrogens with zero attached hydrogens (tertiary/aromatic N) is 1. The smallest absolute Gasteiger partial charge is 0.208 e. The van der Waals surface area contributed by atoms with Gasteiger partial charge in [-0.05, 0) is 24.4 Å². The summed E-state index contributed by atoms with van der Waals surface area (Å²) in [6, 6.07) is 6.82. The molecule has 1 aromatic heterocycles. The lowest BCUT2D eigenvalue weighted by atomic mass is 10.3. The van der Waals surface area contributed by atoms with Crippen molar-refractivity contribution in [3.05, 3.63) is 28.2 Å². The van der Waals surface area contributed by atoms with Gasteiger partial charge in [0.05, 0.1) is 0 Å². The maximum Gasteiger partial charge on any atom is 0.208 e. The molecule has 0 saturated heterocycles. The first-order valence-electron chi connectivity index (χ1n) is 3.85. The summed E-state index contributed by atoms with van der Waals surface area (Å²) in [5, 5.41) is 19.5. The molecule has 0 fully saturated rings. The number of rotatable bonds is 2. The molecule has 0 aliphatic heterocycles. The first-order valence-corrected chi connectivity index (χ1v) is 5.08. The SMILES string of the molecule is Oc1cccc(Nc2n[nH]c(=S)s2)c1. The number of H-pyrrole nitrogens is 1. The molecule has 0 amide bonds. The number of nitrogens with one attached hydrogen (secondary N) is 2. The van der Waals surface area contributed by atoms with Crippen LogP contribution in [0.15, 0.2) is 24.3 Å². The molecule has 0 unspecified atom stereocenters. The molecule has 0 atom stereocenters. The highest BCUT2D eigenvalue weighted by Gasteiger charge is 1.98. The van der Waals surface area contributed by atoms with Crippen molar-refractivity contribution >= 4 is 34.4 Å². The van der Waals surface area contributed by atoms with Gasteiger partial charge >= 0.3 is 0 Å². The van der Waals surface area contributed by atoms with Crippen LogP contribution in [0.1, 0.15) is 0 Å². The van der Waals surface area contributed by atoms with Crippen LogP contribution in [-0.2, 0) is 0 Å². The van der Waals surface area contributed by atoms with E-state index in [0.717, 1.165) is 5.69 Å². The molecule has 14 heavy (non-hydrogen) atoms. The summed E-state index contributed by atoms with van der Waals surface area (Å²) < 4.78 is 0.618. The Balaban J connectivity index is 2.22. The van der Waals surface area contributed by atoms with E-state index in [1.54, 1.807) is 18.2 Å². The van der Waals surface area contributed by atoms with Gasteiger partial charge in [0.15, 0.2) is 3.95 Å². The van der Waals surface area contributed by atoms with E-state index in [4.69, 9.17) is 12.2 Å². The minimum absolute atomic E-state index is 0.217. The second kappa shape index (κ2) is 3.77. The number of aromatic amines is 1. The second-order valence-electron chi connectivity index (χ2n) is 2.59. The van der Waals surface area contributed by atoms with Crippen LogP contribution in [-0.4, -0.2) is 15.3 Å². The number of phenols is 1. The quantitative estimate of drug-likeness (QED) is 0.688. The lowest BCUT2D eigenvalue weighted by molar-refractivity contribution is 0.475. The highest BCUT2D eigenvalue weighted by molar-refractivity contribution is 7.73. The molecule has 0 spiro atoms. The highest BCUT2D eigenvalue weighted by Crippen LogP contribution is 2.21. The molecule has 72 valence electrons. The summed E-state index contributed by atoms with van der Waals surface area (Å²) >= 11 is 6.23. The first kappa shape index (κ1) is 9.17. The largest absolute Gasteiger partial charge is 0.508 e. The second-order valence-corrected chi connectivity index (χ2v) is 4.26. The Hall–Kier alpha value is -1.40. The number of hydrogen-bond donors (Lipinski definition) is 3. The summed E-state index contributed by atoms with van der Waals surface area (Å²) in [7, 11) is 0. The fraction of sp³-hybridized carbons (Fsp3) is 0.